The number of aromatic nitrogens is 1. The van der Waals surface area contributed by atoms with Crippen molar-refractivity contribution in [1.82, 2.24) is 10.4 Å². The van der Waals surface area contributed by atoms with Crippen molar-refractivity contribution in [2.75, 3.05) is 0 Å². The number of nitrogens with two attached hydrogens (primary N) is 1. The number of rotatable bonds is 4. The molecular formula is C12H13F2N3S. The predicted octanol–water partition coefficient (Wildman–Crippen LogP) is 2.48. The number of halogens is 2. The van der Waals surface area contributed by atoms with Gasteiger partial charge >= 0.3 is 0 Å². The normalized spacial score (nSPS) is 12.7. The molecule has 1 heterocycles. The van der Waals surface area contributed by atoms with Crippen LogP contribution in [0.2, 0.25) is 0 Å². The minimum Gasteiger partial charge on any atom is -0.271 e. The zero-order chi connectivity index (χ0) is 13.1. The minimum absolute atomic E-state index is 0.0503. The van der Waals surface area contributed by atoms with Crippen LogP contribution in [-0.4, -0.2) is 4.98 Å². The molecule has 0 fully saturated rings. The number of hydrogen-bond donors (Lipinski definition) is 2. The van der Waals surface area contributed by atoms with Gasteiger partial charge in [0.2, 0.25) is 0 Å². The second-order valence-electron chi connectivity index (χ2n) is 3.92. The summed E-state index contributed by atoms with van der Waals surface area (Å²) in [5, 5.41) is 2.77. The quantitative estimate of drug-likeness (QED) is 0.662. The van der Waals surface area contributed by atoms with Crippen molar-refractivity contribution in [1.29, 1.82) is 0 Å². The van der Waals surface area contributed by atoms with Crippen molar-refractivity contribution in [2.24, 2.45) is 5.84 Å². The Hall–Kier alpha value is -1.37. The molecule has 0 aliphatic rings. The van der Waals surface area contributed by atoms with Crippen molar-refractivity contribution in [3.8, 4) is 0 Å². The highest BCUT2D eigenvalue weighted by atomic mass is 32.1. The van der Waals surface area contributed by atoms with Gasteiger partial charge in [-0.2, -0.15) is 0 Å². The molecule has 2 rings (SSSR count). The van der Waals surface area contributed by atoms with E-state index in [0.29, 0.717) is 6.42 Å². The van der Waals surface area contributed by atoms with Crippen molar-refractivity contribution in [3.63, 3.8) is 0 Å². The van der Waals surface area contributed by atoms with Crippen molar-refractivity contribution >= 4 is 11.3 Å². The number of aryl methyl sites for hydroxylation is 1. The van der Waals surface area contributed by atoms with Gasteiger partial charge in [-0.3, -0.25) is 11.3 Å². The molecule has 18 heavy (non-hydrogen) atoms. The van der Waals surface area contributed by atoms with Crippen LogP contribution in [0.3, 0.4) is 0 Å². The lowest BCUT2D eigenvalue weighted by molar-refractivity contribution is 0.470. The Morgan fingerprint density at radius 1 is 1.39 bits per heavy atom. The number of nitrogens with zero attached hydrogens (tertiary/aromatic N) is 1. The van der Waals surface area contributed by atoms with Gasteiger partial charge in [-0.1, -0.05) is 6.07 Å². The molecule has 0 spiro atoms. The topological polar surface area (TPSA) is 50.9 Å². The van der Waals surface area contributed by atoms with E-state index in [4.69, 9.17) is 5.84 Å². The molecule has 1 atom stereocenters. The van der Waals surface area contributed by atoms with E-state index < -0.39 is 17.7 Å². The van der Waals surface area contributed by atoms with Gasteiger partial charge in [-0.15, -0.1) is 11.3 Å². The monoisotopic (exact) mass is 269 g/mol. The predicted molar refractivity (Wildman–Crippen MR) is 67.0 cm³/mol. The Bertz CT molecular complexity index is 522. The van der Waals surface area contributed by atoms with E-state index in [1.807, 2.05) is 12.3 Å². The van der Waals surface area contributed by atoms with Crippen LogP contribution >= 0.6 is 11.3 Å². The molecule has 0 saturated heterocycles. The third-order valence-electron chi connectivity index (χ3n) is 2.63. The Morgan fingerprint density at radius 3 is 2.56 bits per heavy atom. The molecule has 0 bridgehead atoms. The van der Waals surface area contributed by atoms with Gasteiger partial charge < -0.3 is 0 Å². The molecular weight excluding hydrogens is 256 g/mol. The maximum atomic E-state index is 13.6. The first kappa shape index (κ1) is 13.1. The van der Waals surface area contributed by atoms with Crippen molar-refractivity contribution in [2.45, 2.75) is 19.4 Å². The first-order valence-corrected chi connectivity index (χ1v) is 6.31. The summed E-state index contributed by atoms with van der Waals surface area (Å²) in [6.07, 6.45) is 0.346. The summed E-state index contributed by atoms with van der Waals surface area (Å²) in [4.78, 5) is 4.26. The first-order valence-electron chi connectivity index (χ1n) is 5.43. The summed E-state index contributed by atoms with van der Waals surface area (Å²) in [6.45, 7) is 1.88. The van der Waals surface area contributed by atoms with Crippen molar-refractivity contribution < 1.29 is 8.78 Å². The number of hydrazine groups is 1. The summed E-state index contributed by atoms with van der Waals surface area (Å²) in [7, 11) is 0. The molecule has 0 aliphatic heterocycles. The average Bonchev–Trinajstić information content (AvgIpc) is 2.73. The van der Waals surface area contributed by atoms with E-state index in [1.165, 1.54) is 29.5 Å². The summed E-state index contributed by atoms with van der Waals surface area (Å²) in [6, 6.07) is 3.13. The van der Waals surface area contributed by atoms with Crippen molar-refractivity contribution in [3.05, 3.63) is 51.5 Å². The molecule has 0 aliphatic carbocycles. The second kappa shape index (κ2) is 5.51. The summed E-state index contributed by atoms with van der Waals surface area (Å²) in [5.74, 6) is 4.18. The van der Waals surface area contributed by atoms with Crippen LogP contribution in [0.5, 0.6) is 0 Å². The fourth-order valence-corrected chi connectivity index (χ4v) is 2.42. The number of hydrogen-bond acceptors (Lipinski definition) is 4. The van der Waals surface area contributed by atoms with E-state index in [0.717, 1.165) is 10.7 Å². The largest absolute Gasteiger partial charge is 0.271 e. The van der Waals surface area contributed by atoms with Crippen LogP contribution in [0.1, 0.15) is 22.3 Å². The van der Waals surface area contributed by atoms with Gasteiger partial charge in [-0.25, -0.2) is 13.8 Å². The van der Waals surface area contributed by atoms with E-state index in [2.05, 4.69) is 10.4 Å². The van der Waals surface area contributed by atoms with Crippen LogP contribution in [0, 0.1) is 18.6 Å². The van der Waals surface area contributed by atoms with Gasteiger partial charge in [-0.05, 0) is 19.1 Å². The molecule has 1 aromatic heterocycles. The lowest BCUT2D eigenvalue weighted by Crippen LogP contribution is -2.31. The second-order valence-corrected chi connectivity index (χ2v) is 4.98. The third-order valence-corrected chi connectivity index (χ3v) is 3.45. The van der Waals surface area contributed by atoms with E-state index in [1.54, 1.807) is 0 Å². The molecule has 2 aromatic rings. The fourth-order valence-electron chi connectivity index (χ4n) is 1.80. The Morgan fingerprint density at radius 2 is 2.06 bits per heavy atom. The zero-order valence-electron chi connectivity index (χ0n) is 9.78. The lowest BCUT2D eigenvalue weighted by atomic mass is 10.0. The molecule has 0 radical (unpaired) electrons. The lowest BCUT2D eigenvalue weighted by Gasteiger charge is -2.16. The Labute approximate surface area is 108 Å². The van der Waals surface area contributed by atoms with E-state index in [-0.39, 0.29) is 5.56 Å². The van der Waals surface area contributed by atoms with Crippen LogP contribution in [0.25, 0.3) is 0 Å². The van der Waals surface area contributed by atoms with Crippen LogP contribution in [-0.2, 0) is 6.42 Å². The highest BCUT2D eigenvalue weighted by Crippen LogP contribution is 2.24. The Kier molecular flexibility index (Phi) is 4.00. The van der Waals surface area contributed by atoms with Gasteiger partial charge in [0.05, 0.1) is 16.7 Å². The highest BCUT2D eigenvalue weighted by Gasteiger charge is 2.20. The van der Waals surface area contributed by atoms with Gasteiger partial charge in [0, 0.05) is 17.4 Å². The maximum absolute atomic E-state index is 13.6. The van der Waals surface area contributed by atoms with Crippen LogP contribution in [0.4, 0.5) is 8.78 Å². The maximum Gasteiger partial charge on any atom is 0.130 e. The minimum atomic E-state index is -0.632. The fraction of sp³-hybridized carbons (Fsp3) is 0.250. The molecule has 0 saturated carbocycles. The summed E-state index contributed by atoms with van der Waals surface area (Å²) >= 11 is 1.49. The van der Waals surface area contributed by atoms with Gasteiger partial charge in [0.15, 0.2) is 0 Å². The first-order chi connectivity index (χ1) is 8.61. The zero-order valence-corrected chi connectivity index (χ0v) is 10.6. The molecule has 96 valence electrons. The van der Waals surface area contributed by atoms with Gasteiger partial charge in [0.1, 0.15) is 11.6 Å². The van der Waals surface area contributed by atoms with Gasteiger partial charge in [0.25, 0.3) is 0 Å². The van der Waals surface area contributed by atoms with Crippen LogP contribution in [0.15, 0.2) is 23.6 Å². The number of nitrogens with one attached hydrogen (secondary N) is 1. The summed E-state index contributed by atoms with van der Waals surface area (Å²) in [5.41, 5.74) is 3.16. The molecule has 6 heteroatoms. The SMILES string of the molecule is Cc1nc(CC(NN)c2c(F)cccc2F)cs1. The smallest absolute Gasteiger partial charge is 0.130 e. The number of benzene rings is 1. The third kappa shape index (κ3) is 2.72. The van der Waals surface area contributed by atoms with Crippen LogP contribution < -0.4 is 11.3 Å². The summed E-state index contributed by atoms with van der Waals surface area (Å²) < 4.78 is 27.3. The highest BCUT2D eigenvalue weighted by molar-refractivity contribution is 7.09. The molecule has 1 unspecified atom stereocenters. The molecule has 1 aromatic carbocycles. The Balaban J connectivity index is 2.28. The molecule has 0 amide bonds. The van der Waals surface area contributed by atoms with E-state index >= 15 is 0 Å². The molecule has 3 N–H and O–H groups in total. The standard InChI is InChI=1S/C12H13F2N3S/c1-7-16-8(6-18-7)5-11(17-15)12-9(13)3-2-4-10(12)14/h2-4,6,11,17H,5,15H2,1H3. The molecule has 3 nitrogen and oxygen atoms in total. The van der Waals surface area contributed by atoms with E-state index in [9.17, 15) is 8.78 Å². The average molecular weight is 269 g/mol. The number of thiazole rings is 1.